The van der Waals surface area contributed by atoms with E-state index in [1.54, 1.807) is 19.2 Å². The fourth-order valence-corrected chi connectivity index (χ4v) is 2.32. The predicted octanol–water partition coefficient (Wildman–Crippen LogP) is 3.49. The second-order valence-electron chi connectivity index (χ2n) is 5.39. The van der Waals surface area contributed by atoms with Gasteiger partial charge in [-0.15, -0.1) is 0 Å². The van der Waals surface area contributed by atoms with E-state index >= 15 is 0 Å². The Morgan fingerprint density at radius 3 is 2.58 bits per heavy atom. The number of amides is 1. The number of carbonyl (C=O) groups excluding carboxylic acids is 1. The van der Waals surface area contributed by atoms with E-state index in [9.17, 15) is 9.18 Å². The maximum Gasteiger partial charge on any atom is 0.275 e. The molecule has 0 saturated heterocycles. The third-order valence-electron chi connectivity index (χ3n) is 3.66. The van der Waals surface area contributed by atoms with Gasteiger partial charge in [-0.3, -0.25) is 4.79 Å². The van der Waals surface area contributed by atoms with Crippen molar-refractivity contribution in [2.24, 2.45) is 0 Å². The zero-order chi connectivity index (χ0) is 18.4. The van der Waals surface area contributed by atoms with Gasteiger partial charge in [-0.25, -0.2) is 14.4 Å². The van der Waals surface area contributed by atoms with E-state index in [0.29, 0.717) is 12.4 Å². The Morgan fingerprint density at radius 1 is 1.08 bits per heavy atom. The lowest BCUT2D eigenvalue weighted by Gasteiger charge is -2.10. The Labute approximate surface area is 150 Å². The number of methoxy groups -OCH3 is 1. The van der Waals surface area contributed by atoms with Gasteiger partial charge in [0.15, 0.2) is 0 Å². The number of anilines is 2. The van der Waals surface area contributed by atoms with Gasteiger partial charge in [0.25, 0.3) is 5.91 Å². The molecule has 2 N–H and O–H groups in total. The highest BCUT2D eigenvalue weighted by atomic mass is 19.1. The summed E-state index contributed by atoms with van der Waals surface area (Å²) >= 11 is 0. The number of nitrogens with one attached hydrogen (secondary N) is 2. The summed E-state index contributed by atoms with van der Waals surface area (Å²) < 4.78 is 18.9. The van der Waals surface area contributed by atoms with Gasteiger partial charge in [-0.2, -0.15) is 0 Å². The Balaban J connectivity index is 1.63. The lowest BCUT2D eigenvalue weighted by atomic mass is 10.2. The summed E-state index contributed by atoms with van der Waals surface area (Å²) in [5.41, 5.74) is 1.16. The minimum atomic E-state index is -0.529. The molecule has 1 amide bonds. The van der Waals surface area contributed by atoms with E-state index in [4.69, 9.17) is 4.74 Å². The van der Waals surface area contributed by atoms with Crippen LogP contribution in [-0.4, -0.2) is 23.0 Å². The van der Waals surface area contributed by atoms with Crippen LogP contribution in [0.2, 0.25) is 0 Å². The molecular weight excluding hydrogens is 335 g/mol. The molecule has 7 heteroatoms. The molecule has 0 unspecified atom stereocenters. The van der Waals surface area contributed by atoms with Crippen LogP contribution >= 0.6 is 0 Å². The molecule has 3 aromatic rings. The summed E-state index contributed by atoms with van der Waals surface area (Å²) in [5, 5.41) is 5.58. The van der Waals surface area contributed by atoms with Gasteiger partial charge in [0, 0.05) is 12.1 Å². The van der Waals surface area contributed by atoms with Gasteiger partial charge in [-0.1, -0.05) is 30.3 Å². The molecule has 1 heterocycles. The van der Waals surface area contributed by atoms with Crippen LogP contribution in [0.1, 0.15) is 16.1 Å². The third kappa shape index (κ3) is 4.13. The van der Waals surface area contributed by atoms with Crippen LogP contribution in [0.3, 0.4) is 0 Å². The number of aromatic nitrogens is 2. The number of nitrogens with zero attached hydrogens (tertiary/aromatic N) is 2. The fourth-order valence-electron chi connectivity index (χ4n) is 2.32. The normalized spacial score (nSPS) is 10.2. The van der Waals surface area contributed by atoms with Crippen molar-refractivity contribution in [3.8, 4) is 5.75 Å². The SMILES string of the molecule is COc1ccccc1CNc1cnc(C(=O)Nc2ccccc2F)cn1. The molecule has 0 aliphatic rings. The molecule has 0 atom stereocenters. The number of hydrogen-bond acceptors (Lipinski definition) is 5. The number of benzene rings is 2. The number of hydrogen-bond donors (Lipinski definition) is 2. The maximum atomic E-state index is 13.6. The molecule has 6 nitrogen and oxygen atoms in total. The minimum Gasteiger partial charge on any atom is -0.496 e. The first kappa shape index (κ1) is 17.3. The standard InChI is InChI=1S/C19H17FN4O2/c1-26-17-9-5-2-6-13(17)10-22-18-12-21-16(11-23-18)19(25)24-15-8-4-3-7-14(15)20/h2-9,11-12H,10H2,1H3,(H,22,23)(H,24,25). The molecule has 0 aliphatic carbocycles. The molecule has 0 saturated carbocycles. The van der Waals surface area contributed by atoms with Crippen molar-refractivity contribution in [3.63, 3.8) is 0 Å². The number of rotatable bonds is 6. The molecule has 132 valence electrons. The molecular formula is C19H17FN4O2. The van der Waals surface area contributed by atoms with Crippen LogP contribution in [-0.2, 0) is 6.54 Å². The minimum absolute atomic E-state index is 0.0936. The summed E-state index contributed by atoms with van der Waals surface area (Å²) in [4.78, 5) is 20.4. The highest BCUT2D eigenvalue weighted by Gasteiger charge is 2.11. The molecule has 0 radical (unpaired) electrons. The Morgan fingerprint density at radius 2 is 1.85 bits per heavy atom. The zero-order valence-corrected chi connectivity index (χ0v) is 14.1. The first-order chi connectivity index (χ1) is 12.7. The molecule has 0 bridgehead atoms. The van der Waals surface area contributed by atoms with E-state index in [1.165, 1.54) is 24.5 Å². The van der Waals surface area contributed by atoms with Crippen molar-refractivity contribution in [1.82, 2.24) is 9.97 Å². The summed E-state index contributed by atoms with van der Waals surface area (Å²) in [5.74, 6) is 0.245. The number of carbonyl (C=O) groups is 1. The average Bonchev–Trinajstić information content (AvgIpc) is 2.68. The van der Waals surface area contributed by atoms with E-state index in [1.807, 2.05) is 24.3 Å². The summed E-state index contributed by atoms with van der Waals surface area (Å²) in [6, 6.07) is 13.6. The van der Waals surface area contributed by atoms with Crippen LogP contribution in [0, 0.1) is 5.82 Å². The zero-order valence-electron chi connectivity index (χ0n) is 14.1. The highest BCUT2D eigenvalue weighted by Crippen LogP contribution is 2.18. The molecule has 0 spiro atoms. The highest BCUT2D eigenvalue weighted by molar-refractivity contribution is 6.02. The van der Waals surface area contributed by atoms with Crippen LogP contribution in [0.5, 0.6) is 5.75 Å². The van der Waals surface area contributed by atoms with E-state index in [-0.39, 0.29) is 11.4 Å². The largest absolute Gasteiger partial charge is 0.496 e. The predicted molar refractivity (Wildman–Crippen MR) is 96.7 cm³/mol. The number of para-hydroxylation sites is 2. The van der Waals surface area contributed by atoms with Crippen molar-refractivity contribution in [3.05, 3.63) is 78.0 Å². The number of ether oxygens (including phenoxy) is 1. The smallest absolute Gasteiger partial charge is 0.275 e. The lowest BCUT2D eigenvalue weighted by Crippen LogP contribution is -2.15. The van der Waals surface area contributed by atoms with Crippen molar-refractivity contribution >= 4 is 17.4 Å². The second kappa shape index (κ2) is 8.06. The molecule has 0 fully saturated rings. The average molecular weight is 352 g/mol. The van der Waals surface area contributed by atoms with Crippen molar-refractivity contribution in [2.75, 3.05) is 17.7 Å². The van der Waals surface area contributed by atoms with Gasteiger partial charge >= 0.3 is 0 Å². The van der Waals surface area contributed by atoms with Gasteiger partial charge in [0.1, 0.15) is 23.1 Å². The first-order valence-corrected chi connectivity index (χ1v) is 7.91. The van der Waals surface area contributed by atoms with E-state index in [2.05, 4.69) is 20.6 Å². The Bertz CT molecular complexity index is 900. The fraction of sp³-hybridized carbons (Fsp3) is 0.105. The van der Waals surface area contributed by atoms with E-state index < -0.39 is 11.7 Å². The first-order valence-electron chi connectivity index (χ1n) is 7.91. The molecule has 3 rings (SSSR count). The van der Waals surface area contributed by atoms with Crippen molar-refractivity contribution < 1.29 is 13.9 Å². The van der Waals surface area contributed by atoms with Gasteiger partial charge in [0.2, 0.25) is 0 Å². The Kier molecular flexibility index (Phi) is 5.38. The molecule has 0 aliphatic heterocycles. The van der Waals surface area contributed by atoms with Crippen LogP contribution in [0.15, 0.2) is 60.9 Å². The maximum absolute atomic E-state index is 13.6. The van der Waals surface area contributed by atoms with Crippen LogP contribution in [0.25, 0.3) is 0 Å². The topological polar surface area (TPSA) is 76.1 Å². The lowest BCUT2D eigenvalue weighted by molar-refractivity contribution is 0.102. The third-order valence-corrected chi connectivity index (χ3v) is 3.66. The van der Waals surface area contributed by atoms with Gasteiger partial charge < -0.3 is 15.4 Å². The van der Waals surface area contributed by atoms with Crippen molar-refractivity contribution in [1.29, 1.82) is 0 Å². The molecule has 2 aromatic carbocycles. The van der Waals surface area contributed by atoms with Gasteiger partial charge in [-0.05, 0) is 18.2 Å². The van der Waals surface area contributed by atoms with Crippen LogP contribution in [0.4, 0.5) is 15.9 Å². The Hall–Kier alpha value is -3.48. The summed E-state index contributed by atoms with van der Waals surface area (Å²) in [6.07, 6.45) is 2.78. The summed E-state index contributed by atoms with van der Waals surface area (Å²) in [7, 11) is 1.61. The molecule has 1 aromatic heterocycles. The quantitative estimate of drug-likeness (QED) is 0.710. The van der Waals surface area contributed by atoms with E-state index in [0.717, 1.165) is 11.3 Å². The van der Waals surface area contributed by atoms with Gasteiger partial charge in [0.05, 0.1) is 25.2 Å². The monoisotopic (exact) mass is 352 g/mol. The van der Waals surface area contributed by atoms with Crippen molar-refractivity contribution in [2.45, 2.75) is 6.54 Å². The summed E-state index contributed by atoms with van der Waals surface area (Å²) in [6.45, 7) is 0.499. The van der Waals surface area contributed by atoms with Crippen LogP contribution < -0.4 is 15.4 Å². The number of halogens is 1. The molecule has 26 heavy (non-hydrogen) atoms. The second-order valence-corrected chi connectivity index (χ2v) is 5.39.